The first-order valence-corrected chi connectivity index (χ1v) is 8.09. The Balaban J connectivity index is 1.51. The van der Waals surface area contributed by atoms with Gasteiger partial charge in [0, 0.05) is 17.4 Å². The summed E-state index contributed by atoms with van der Waals surface area (Å²) < 4.78 is 0. The zero-order valence-corrected chi connectivity index (χ0v) is 13.8. The van der Waals surface area contributed by atoms with Gasteiger partial charge >= 0.3 is 0 Å². The number of pyridine rings is 1. The maximum absolute atomic E-state index is 12.5. The maximum atomic E-state index is 12.5. The molecule has 2 aromatic carbocycles. The topological polar surface area (TPSA) is 83.6 Å². The number of amides is 1. The fraction of sp³-hybridized carbons (Fsp3) is 0. The van der Waals surface area contributed by atoms with Crippen LogP contribution in [-0.2, 0) is 0 Å². The SMILES string of the molecule is O=C(Nc1cccc(/C=C/c2ccccn2)c1)c1ccc2n[nH]nc2c1. The molecule has 4 rings (SSSR count). The molecule has 0 fully saturated rings. The van der Waals surface area contributed by atoms with Crippen molar-refractivity contribution in [3.63, 3.8) is 0 Å². The average Bonchev–Trinajstić information content (AvgIpc) is 3.15. The van der Waals surface area contributed by atoms with E-state index in [2.05, 4.69) is 25.7 Å². The zero-order chi connectivity index (χ0) is 17.8. The van der Waals surface area contributed by atoms with Gasteiger partial charge in [-0.25, -0.2) is 0 Å². The summed E-state index contributed by atoms with van der Waals surface area (Å²) in [5.74, 6) is -0.194. The van der Waals surface area contributed by atoms with Gasteiger partial charge in [0.1, 0.15) is 11.0 Å². The normalized spacial score (nSPS) is 11.1. The number of benzene rings is 2. The molecule has 0 radical (unpaired) electrons. The van der Waals surface area contributed by atoms with E-state index in [-0.39, 0.29) is 5.91 Å². The molecule has 4 aromatic rings. The van der Waals surface area contributed by atoms with E-state index in [0.717, 1.165) is 22.5 Å². The van der Waals surface area contributed by atoms with Crippen molar-refractivity contribution < 1.29 is 4.79 Å². The van der Waals surface area contributed by atoms with Gasteiger partial charge in [-0.3, -0.25) is 9.78 Å². The molecule has 0 aliphatic rings. The molecule has 6 nitrogen and oxygen atoms in total. The maximum Gasteiger partial charge on any atom is 0.255 e. The van der Waals surface area contributed by atoms with Crippen molar-refractivity contribution in [2.75, 3.05) is 5.32 Å². The van der Waals surface area contributed by atoms with Crippen LogP contribution in [0.1, 0.15) is 21.6 Å². The number of carbonyl (C=O) groups is 1. The number of H-pyrrole nitrogens is 1. The number of anilines is 1. The van der Waals surface area contributed by atoms with Gasteiger partial charge in [0.15, 0.2) is 0 Å². The Morgan fingerprint density at radius 1 is 0.923 bits per heavy atom. The molecule has 2 heterocycles. The smallest absolute Gasteiger partial charge is 0.255 e. The molecule has 0 spiro atoms. The number of rotatable bonds is 4. The molecule has 1 amide bonds. The number of nitrogens with zero attached hydrogens (tertiary/aromatic N) is 3. The first kappa shape index (κ1) is 15.7. The molecular weight excluding hydrogens is 326 g/mol. The molecule has 0 saturated carbocycles. The number of aromatic amines is 1. The third kappa shape index (κ3) is 3.49. The van der Waals surface area contributed by atoms with Crippen LogP contribution in [0.15, 0.2) is 66.9 Å². The summed E-state index contributed by atoms with van der Waals surface area (Å²) in [6.45, 7) is 0. The van der Waals surface area contributed by atoms with Gasteiger partial charge in [0.05, 0.1) is 5.69 Å². The van der Waals surface area contributed by atoms with Gasteiger partial charge in [-0.15, -0.1) is 0 Å². The highest BCUT2D eigenvalue weighted by Gasteiger charge is 2.08. The van der Waals surface area contributed by atoms with Crippen molar-refractivity contribution in [1.29, 1.82) is 0 Å². The van der Waals surface area contributed by atoms with Crippen molar-refractivity contribution in [2.45, 2.75) is 0 Å². The Morgan fingerprint density at radius 3 is 2.73 bits per heavy atom. The second-order valence-electron chi connectivity index (χ2n) is 5.69. The lowest BCUT2D eigenvalue weighted by Gasteiger charge is -2.06. The number of aromatic nitrogens is 4. The molecule has 126 valence electrons. The molecule has 6 heteroatoms. The van der Waals surface area contributed by atoms with Crippen molar-refractivity contribution in [3.05, 3.63) is 83.7 Å². The lowest BCUT2D eigenvalue weighted by atomic mass is 10.1. The van der Waals surface area contributed by atoms with E-state index in [1.807, 2.05) is 54.6 Å². The minimum absolute atomic E-state index is 0.194. The van der Waals surface area contributed by atoms with Crippen LogP contribution in [0.2, 0.25) is 0 Å². The fourth-order valence-corrected chi connectivity index (χ4v) is 2.56. The Kier molecular flexibility index (Phi) is 4.22. The summed E-state index contributed by atoms with van der Waals surface area (Å²) in [5, 5.41) is 13.4. The van der Waals surface area contributed by atoms with E-state index in [0.29, 0.717) is 11.1 Å². The van der Waals surface area contributed by atoms with Gasteiger partial charge in [0.25, 0.3) is 5.91 Å². The number of hydrogen-bond acceptors (Lipinski definition) is 4. The third-order valence-corrected chi connectivity index (χ3v) is 3.86. The highest BCUT2D eigenvalue weighted by molar-refractivity contribution is 6.06. The van der Waals surface area contributed by atoms with Crippen LogP contribution in [0.25, 0.3) is 23.2 Å². The van der Waals surface area contributed by atoms with E-state index >= 15 is 0 Å². The van der Waals surface area contributed by atoms with Crippen LogP contribution in [-0.4, -0.2) is 26.3 Å². The largest absolute Gasteiger partial charge is 0.322 e. The standard InChI is InChI=1S/C20H15N5O/c26-20(15-8-10-18-19(13-15)24-25-23-18)22-17-6-3-4-14(12-17)7-9-16-5-1-2-11-21-16/h1-13H,(H,22,26)(H,23,24,25)/b9-7+. The second-order valence-corrected chi connectivity index (χ2v) is 5.69. The summed E-state index contributed by atoms with van der Waals surface area (Å²) in [6.07, 6.45) is 5.64. The Morgan fingerprint density at radius 2 is 1.85 bits per heavy atom. The molecule has 0 unspecified atom stereocenters. The molecule has 0 atom stereocenters. The van der Waals surface area contributed by atoms with Gasteiger partial charge in [0.2, 0.25) is 0 Å². The number of nitrogens with one attached hydrogen (secondary N) is 2. The monoisotopic (exact) mass is 341 g/mol. The third-order valence-electron chi connectivity index (χ3n) is 3.86. The Hall–Kier alpha value is -3.80. The Bertz CT molecular complexity index is 1090. The van der Waals surface area contributed by atoms with Gasteiger partial charge in [-0.2, -0.15) is 15.4 Å². The van der Waals surface area contributed by atoms with Crippen LogP contribution < -0.4 is 5.32 Å². The van der Waals surface area contributed by atoms with Crippen LogP contribution in [0.5, 0.6) is 0 Å². The van der Waals surface area contributed by atoms with Crippen LogP contribution >= 0.6 is 0 Å². The lowest BCUT2D eigenvalue weighted by molar-refractivity contribution is 0.102. The summed E-state index contributed by atoms with van der Waals surface area (Å²) in [4.78, 5) is 16.7. The summed E-state index contributed by atoms with van der Waals surface area (Å²) in [7, 11) is 0. The molecular formula is C20H15N5O. The van der Waals surface area contributed by atoms with Crippen molar-refractivity contribution in [1.82, 2.24) is 20.4 Å². The fourth-order valence-electron chi connectivity index (χ4n) is 2.56. The van der Waals surface area contributed by atoms with Crippen LogP contribution in [0.4, 0.5) is 5.69 Å². The van der Waals surface area contributed by atoms with Crippen molar-refractivity contribution in [2.24, 2.45) is 0 Å². The first-order valence-electron chi connectivity index (χ1n) is 8.09. The van der Waals surface area contributed by atoms with E-state index in [1.54, 1.807) is 24.4 Å². The van der Waals surface area contributed by atoms with E-state index in [1.165, 1.54) is 0 Å². The average molecular weight is 341 g/mol. The van der Waals surface area contributed by atoms with Crippen molar-refractivity contribution in [3.8, 4) is 0 Å². The molecule has 0 saturated heterocycles. The van der Waals surface area contributed by atoms with Gasteiger partial charge in [-0.05, 0) is 54.1 Å². The minimum Gasteiger partial charge on any atom is -0.322 e. The zero-order valence-electron chi connectivity index (χ0n) is 13.8. The summed E-state index contributed by atoms with van der Waals surface area (Å²) >= 11 is 0. The molecule has 0 bridgehead atoms. The van der Waals surface area contributed by atoms with Crippen LogP contribution in [0.3, 0.4) is 0 Å². The molecule has 0 aliphatic carbocycles. The van der Waals surface area contributed by atoms with Crippen LogP contribution in [0, 0.1) is 0 Å². The number of hydrogen-bond donors (Lipinski definition) is 2. The molecule has 0 aliphatic heterocycles. The Labute approximate surface area is 149 Å². The quantitative estimate of drug-likeness (QED) is 0.592. The predicted molar refractivity (Wildman–Crippen MR) is 101 cm³/mol. The minimum atomic E-state index is -0.194. The van der Waals surface area contributed by atoms with E-state index < -0.39 is 0 Å². The molecule has 26 heavy (non-hydrogen) atoms. The highest BCUT2D eigenvalue weighted by Crippen LogP contribution is 2.16. The summed E-state index contributed by atoms with van der Waals surface area (Å²) in [5.41, 5.74) is 4.48. The van der Waals surface area contributed by atoms with E-state index in [4.69, 9.17) is 0 Å². The van der Waals surface area contributed by atoms with Crippen molar-refractivity contribution >= 4 is 34.8 Å². The highest BCUT2D eigenvalue weighted by atomic mass is 16.1. The molecule has 2 aromatic heterocycles. The number of fused-ring (bicyclic) bond motifs is 1. The second kappa shape index (κ2) is 6.98. The number of carbonyl (C=O) groups excluding carboxylic acids is 1. The van der Waals surface area contributed by atoms with Gasteiger partial charge in [-0.1, -0.05) is 24.3 Å². The van der Waals surface area contributed by atoms with E-state index in [9.17, 15) is 4.79 Å². The molecule has 2 N–H and O–H groups in total. The predicted octanol–water partition coefficient (Wildman–Crippen LogP) is 3.78. The first-order chi connectivity index (χ1) is 12.8. The lowest BCUT2D eigenvalue weighted by Crippen LogP contribution is -2.11. The van der Waals surface area contributed by atoms with Gasteiger partial charge < -0.3 is 5.32 Å². The summed E-state index contributed by atoms with van der Waals surface area (Å²) in [6, 6.07) is 18.6.